The van der Waals surface area contributed by atoms with Gasteiger partial charge in [0.05, 0.1) is 6.61 Å². The van der Waals surface area contributed by atoms with Crippen molar-refractivity contribution in [3.05, 3.63) is 53.8 Å². The Morgan fingerprint density at radius 2 is 2.04 bits per heavy atom. The number of benzene rings is 2. The summed E-state index contributed by atoms with van der Waals surface area (Å²) < 4.78 is 18.3. The topological polar surface area (TPSA) is 55.6 Å². The van der Waals surface area contributed by atoms with E-state index in [9.17, 15) is 9.18 Å². The van der Waals surface area contributed by atoms with Gasteiger partial charge in [-0.15, -0.1) is 12.4 Å². The van der Waals surface area contributed by atoms with Crippen LogP contribution in [0.5, 0.6) is 0 Å². The van der Waals surface area contributed by atoms with Crippen LogP contribution in [0.2, 0.25) is 0 Å². The number of carbonyl (C=O) groups excluding carboxylic acids is 1. The molecular formula is C18H20ClFN2O2. The van der Waals surface area contributed by atoms with E-state index < -0.39 is 6.04 Å². The van der Waals surface area contributed by atoms with Gasteiger partial charge in [-0.05, 0) is 47.4 Å². The second-order valence-electron chi connectivity index (χ2n) is 5.66. The number of halogens is 2. The summed E-state index contributed by atoms with van der Waals surface area (Å²) in [6.45, 7) is 0.810. The van der Waals surface area contributed by atoms with Gasteiger partial charge in [0.15, 0.2) is 0 Å². The van der Waals surface area contributed by atoms with Gasteiger partial charge in [-0.25, -0.2) is 4.39 Å². The van der Waals surface area contributed by atoms with E-state index in [2.05, 4.69) is 0 Å². The number of nitrogens with zero attached hydrogens (tertiary/aromatic N) is 1. The monoisotopic (exact) mass is 350 g/mol. The minimum atomic E-state index is -0.658. The smallest absolute Gasteiger partial charge is 0.246 e. The Balaban J connectivity index is 0.00000208. The van der Waals surface area contributed by atoms with Crippen LogP contribution in [0.25, 0.3) is 11.1 Å². The number of fused-ring (bicyclic) bond motifs is 1. The van der Waals surface area contributed by atoms with Crippen LogP contribution in [0, 0.1) is 5.82 Å². The number of rotatable bonds is 4. The van der Waals surface area contributed by atoms with Gasteiger partial charge in [0.25, 0.3) is 0 Å². The maximum absolute atomic E-state index is 13.4. The van der Waals surface area contributed by atoms with Crippen LogP contribution in [0.1, 0.15) is 5.56 Å². The molecule has 1 aliphatic rings. The van der Waals surface area contributed by atoms with Crippen LogP contribution < -0.4 is 10.6 Å². The van der Waals surface area contributed by atoms with Crippen molar-refractivity contribution in [2.75, 3.05) is 25.2 Å². The van der Waals surface area contributed by atoms with Gasteiger partial charge >= 0.3 is 0 Å². The highest BCUT2D eigenvalue weighted by atomic mass is 35.5. The Bertz CT molecular complexity index is 739. The van der Waals surface area contributed by atoms with E-state index in [-0.39, 0.29) is 30.7 Å². The normalized spacial score (nSPS) is 14.0. The summed E-state index contributed by atoms with van der Waals surface area (Å²) >= 11 is 0. The number of nitrogens with two attached hydrogens (primary N) is 1. The third-order valence-corrected chi connectivity index (χ3v) is 4.06. The number of ether oxygens (including phenoxy) is 1. The summed E-state index contributed by atoms with van der Waals surface area (Å²) in [5.74, 6) is -0.394. The zero-order valence-corrected chi connectivity index (χ0v) is 14.2. The van der Waals surface area contributed by atoms with E-state index in [0.29, 0.717) is 6.54 Å². The summed E-state index contributed by atoms with van der Waals surface area (Å²) in [7, 11) is 1.52. The third-order valence-electron chi connectivity index (χ3n) is 4.06. The molecule has 0 fully saturated rings. The lowest BCUT2D eigenvalue weighted by Crippen LogP contribution is -2.45. The molecule has 0 saturated carbocycles. The molecule has 2 aromatic rings. The van der Waals surface area contributed by atoms with Crippen molar-refractivity contribution in [3.8, 4) is 11.1 Å². The first kappa shape index (κ1) is 18.4. The Hall–Kier alpha value is -1.95. The lowest BCUT2D eigenvalue weighted by atomic mass is 10.0. The molecule has 1 aliphatic heterocycles. The molecular weight excluding hydrogens is 331 g/mol. The molecule has 0 aromatic heterocycles. The Morgan fingerprint density at radius 3 is 2.75 bits per heavy atom. The van der Waals surface area contributed by atoms with E-state index in [1.807, 2.05) is 24.3 Å². The molecule has 0 saturated heterocycles. The molecule has 6 heteroatoms. The van der Waals surface area contributed by atoms with Crippen LogP contribution in [0.15, 0.2) is 42.5 Å². The highest BCUT2D eigenvalue weighted by Gasteiger charge is 2.28. The largest absolute Gasteiger partial charge is 0.383 e. The summed E-state index contributed by atoms with van der Waals surface area (Å²) in [5, 5.41) is 0. The number of hydrogen-bond acceptors (Lipinski definition) is 3. The number of methoxy groups -OCH3 is 1. The van der Waals surface area contributed by atoms with Crippen molar-refractivity contribution in [1.29, 1.82) is 0 Å². The second-order valence-corrected chi connectivity index (χ2v) is 5.66. The van der Waals surface area contributed by atoms with Crippen molar-refractivity contribution in [2.24, 2.45) is 5.73 Å². The van der Waals surface area contributed by atoms with Gasteiger partial charge < -0.3 is 15.4 Å². The van der Waals surface area contributed by atoms with Crippen LogP contribution in [-0.4, -0.2) is 32.2 Å². The first-order valence-electron chi connectivity index (χ1n) is 7.55. The molecule has 0 bridgehead atoms. The van der Waals surface area contributed by atoms with Crippen LogP contribution in [-0.2, 0) is 16.0 Å². The fourth-order valence-electron chi connectivity index (χ4n) is 2.93. The molecule has 2 aromatic carbocycles. The lowest BCUT2D eigenvalue weighted by molar-refractivity contribution is -0.120. The van der Waals surface area contributed by atoms with Gasteiger partial charge in [-0.1, -0.05) is 18.2 Å². The Morgan fingerprint density at radius 1 is 1.29 bits per heavy atom. The van der Waals surface area contributed by atoms with E-state index in [4.69, 9.17) is 10.5 Å². The van der Waals surface area contributed by atoms with Crippen molar-refractivity contribution < 1.29 is 13.9 Å². The fourth-order valence-corrected chi connectivity index (χ4v) is 2.93. The summed E-state index contributed by atoms with van der Waals surface area (Å²) in [6, 6.07) is 11.7. The lowest BCUT2D eigenvalue weighted by Gasteiger charge is -2.21. The first-order valence-corrected chi connectivity index (χ1v) is 7.55. The predicted molar refractivity (Wildman–Crippen MR) is 95.0 cm³/mol. The molecule has 3 rings (SSSR count). The van der Waals surface area contributed by atoms with E-state index >= 15 is 0 Å². The van der Waals surface area contributed by atoms with Crippen LogP contribution in [0.4, 0.5) is 10.1 Å². The molecule has 1 unspecified atom stereocenters. The average molecular weight is 351 g/mol. The average Bonchev–Trinajstić information content (AvgIpc) is 2.97. The summed E-state index contributed by atoms with van der Waals surface area (Å²) in [5.41, 5.74) is 9.57. The summed E-state index contributed by atoms with van der Waals surface area (Å²) in [4.78, 5) is 14.1. The van der Waals surface area contributed by atoms with E-state index in [1.165, 1.54) is 19.2 Å². The van der Waals surface area contributed by atoms with Crippen molar-refractivity contribution in [1.82, 2.24) is 0 Å². The molecule has 128 valence electrons. The molecule has 1 heterocycles. The SMILES string of the molecule is COCC(N)C(=O)N1CCc2cc(-c3cccc(F)c3)ccc21.Cl. The van der Waals surface area contributed by atoms with Gasteiger partial charge in [-0.3, -0.25) is 4.79 Å². The van der Waals surface area contributed by atoms with Gasteiger partial charge in [0.2, 0.25) is 5.91 Å². The fraction of sp³-hybridized carbons (Fsp3) is 0.278. The number of anilines is 1. The summed E-state index contributed by atoms with van der Waals surface area (Å²) in [6.07, 6.45) is 0.768. The van der Waals surface area contributed by atoms with Gasteiger partial charge in [0, 0.05) is 19.3 Å². The van der Waals surface area contributed by atoms with Crippen molar-refractivity contribution >= 4 is 24.0 Å². The van der Waals surface area contributed by atoms with Crippen LogP contribution in [0.3, 0.4) is 0 Å². The molecule has 1 atom stereocenters. The zero-order chi connectivity index (χ0) is 16.4. The zero-order valence-electron chi connectivity index (χ0n) is 13.4. The van der Waals surface area contributed by atoms with E-state index in [0.717, 1.165) is 28.8 Å². The molecule has 1 amide bonds. The number of hydrogen-bond donors (Lipinski definition) is 1. The second kappa shape index (κ2) is 7.75. The minimum Gasteiger partial charge on any atom is -0.383 e. The highest BCUT2D eigenvalue weighted by molar-refractivity contribution is 5.99. The minimum absolute atomic E-state index is 0. The molecule has 24 heavy (non-hydrogen) atoms. The quantitative estimate of drug-likeness (QED) is 0.922. The van der Waals surface area contributed by atoms with E-state index in [1.54, 1.807) is 11.0 Å². The number of amides is 1. The first-order chi connectivity index (χ1) is 11.1. The maximum atomic E-state index is 13.4. The van der Waals surface area contributed by atoms with Crippen molar-refractivity contribution in [3.63, 3.8) is 0 Å². The molecule has 0 spiro atoms. The third kappa shape index (κ3) is 3.59. The molecule has 0 radical (unpaired) electrons. The Kier molecular flexibility index (Phi) is 5.94. The molecule has 0 aliphatic carbocycles. The standard InChI is InChI=1S/C18H19FN2O2.ClH/c1-23-11-16(20)18(22)21-8-7-14-9-13(5-6-17(14)21)12-3-2-4-15(19)10-12;/h2-6,9-10,16H,7-8,11,20H2,1H3;1H. The van der Waals surface area contributed by atoms with Gasteiger partial charge in [-0.2, -0.15) is 0 Å². The van der Waals surface area contributed by atoms with Gasteiger partial charge in [0.1, 0.15) is 11.9 Å². The molecule has 4 nitrogen and oxygen atoms in total. The molecule has 2 N–H and O–H groups in total. The highest BCUT2D eigenvalue weighted by Crippen LogP contribution is 2.32. The van der Waals surface area contributed by atoms with Crippen LogP contribution >= 0.6 is 12.4 Å². The maximum Gasteiger partial charge on any atom is 0.246 e. The van der Waals surface area contributed by atoms with Crippen molar-refractivity contribution in [2.45, 2.75) is 12.5 Å². The Labute approximate surface area is 146 Å². The number of carbonyl (C=O) groups is 1. The predicted octanol–water partition coefficient (Wildman–Crippen LogP) is 2.78.